The van der Waals surface area contributed by atoms with E-state index in [9.17, 15) is 4.79 Å². The van der Waals surface area contributed by atoms with E-state index in [-0.39, 0.29) is 11.5 Å². The van der Waals surface area contributed by atoms with Crippen LogP contribution in [-0.4, -0.2) is 24.5 Å². The number of piperidine rings is 1. The van der Waals surface area contributed by atoms with Crippen LogP contribution in [-0.2, 0) is 16.6 Å². The Kier molecular flexibility index (Phi) is 1.76. The lowest BCUT2D eigenvalue weighted by molar-refractivity contribution is -0.135. The minimum Gasteiger partial charge on any atom is -0.481 e. The van der Waals surface area contributed by atoms with Crippen molar-refractivity contribution in [2.75, 3.05) is 6.54 Å². The van der Waals surface area contributed by atoms with E-state index in [0.717, 1.165) is 31.6 Å². The molecule has 2 heterocycles. The number of carbonyl (C=O) groups excluding carboxylic acids is 1. The topological polar surface area (TPSA) is 38.3 Å². The molecule has 1 saturated heterocycles. The fraction of sp³-hybridized carbons (Fsp3) is 0.562. The molecule has 2 aliphatic carbocycles. The highest BCUT2D eigenvalue weighted by Gasteiger charge is 2.63. The van der Waals surface area contributed by atoms with Crippen LogP contribution >= 0.6 is 0 Å². The molecular weight excluding hydrogens is 238 g/mol. The Morgan fingerprint density at radius 1 is 1.37 bits per heavy atom. The third-order valence-corrected chi connectivity index (χ3v) is 5.82. The molecule has 0 amide bonds. The molecule has 5 rings (SSSR count). The molecule has 2 fully saturated rings. The summed E-state index contributed by atoms with van der Waals surface area (Å²) in [6.07, 6.45) is 3.67. The fourth-order valence-electron chi connectivity index (χ4n) is 5.22. The van der Waals surface area contributed by atoms with E-state index in [0.29, 0.717) is 24.2 Å². The Morgan fingerprint density at radius 3 is 3.26 bits per heavy atom. The van der Waals surface area contributed by atoms with Gasteiger partial charge in [0, 0.05) is 23.4 Å². The lowest BCUT2D eigenvalue weighted by Gasteiger charge is -2.54. The van der Waals surface area contributed by atoms with Crippen molar-refractivity contribution < 1.29 is 9.53 Å². The molecule has 4 atom stereocenters. The number of hydrogen-bond acceptors (Lipinski definition) is 3. The molecule has 2 bridgehead atoms. The van der Waals surface area contributed by atoms with Crippen molar-refractivity contribution in [1.29, 1.82) is 0 Å². The molecule has 0 unspecified atom stereocenters. The van der Waals surface area contributed by atoms with Crippen LogP contribution in [0.4, 0.5) is 0 Å². The molecule has 98 valence electrons. The van der Waals surface area contributed by atoms with Crippen molar-refractivity contribution in [2.24, 2.45) is 5.92 Å². The molecule has 3 nitrogen and oxygen atoms in total. The molecule has 19 heavy (non-hydrogen) atoms. The molecular formula is C16H17NO2. The number of carbonyl (C=O) groups is 1. The highest BCUT2D eigenvalue weighted by Crippen LogP contribution is 2.59. The summed E-state index contributed by atoms with van der Waals surface area (Å²) in [5.74, 6) is 1.89. The van der Waals surface area contributed by atoms with Crippen LogP contribution in [0, 0.1) is 5.92 Å². The van der Waals surface area contributed by atoms with Crippen LogP contribution < -0.4 is 10.1 Å². The molecule has 3 heteroatoms. The van der Waals surface area contributed by atoms with Crippen LogP contribution in [0.2, 0.25) is 0 Å². The maximum Gasteiger partial charge on any atom is 0.174 e. The fourth-order valence-corrected chi connectivity index (χ4v) is 5.22. The summed E-state index contributed by atoms with van der Waals surface area (Å²) >= 11 is 0. The summed E-state index contributed by atoms with van der Waals surface area (Å²) in [6, 6.07) is 6.89. The average Bonchev–Trinajstić information content (AvgIpc) is 2.74. The number of Topliss-reactive ketones (excluding diaryl/α,β-unsaturated/α-hetero) is 1. The van der Waals surface area contributed by atoms with Crippen molar-refractivity contribution in [2.45, 2.75) is 43.2 Å². The van der Waals surface area contributed by atoms with E-state index >= 15 is 0 Å². The third-order valence-electron chi connectivity index (χ3n) is 5.82. The summed E-state index contributed by atoms with van der Waals surface area (Å²) in [5.41, 5.74) is 2.79. The number of ketones is 1. The van der Waals surface area contributed by atoms with Gasteiger partial charge >= 0.3 is 0 Å². The zero-order valence-corrected chi connectivity index (χ0v) is 10.8. The van der Waals surface area contributed by atoms with Crippen LogP contribution in [0.25, 0.3) is 0 Å². The largest absolute Gasteiger partial charge is 0.481 e. The van der Waals surface area contributed by atoms with Crippen LogP contribution in [0.15, 0.2) is 18.2 Å². The van der Waals surface area contributed by atoms with Crippen molar-refractivity contribution in [1.82, 2.24) is 5.32 Å². The Balaban J connectivity index is 1.84. The van der Waals surface area contributed by atoms with Gasteiger partial charge in [0.05, 0.1) is 0 Å². The van der Waals surface area contributed by atoms with E-state index < -0.39 is 0 Å². The predicted molar refractivity (Wildman–Crippen MR) is 70.4 cm³/mol. The van der Waals surface area contributed by atoms with Gasteiger partial charge in [-0.1, -0.05) is 12.1 Å². The first-order chi connectivity index (χ1) is 9.30. The van der Waals surface area contributed by atoms with Gasteiger partial charge in [0.25, 0.3) is 0 Å². The smallest absolute Gasteiger partial charge is 0.174 e. The van der Waals surface area contributed by atoms with E-state index in [1.807, 2.05) is 0 Å². The second kappa shape index (κ2) is 3.21. The quantitative estimate of drug-likeness (QED) is 0.765. The molecule has 0 aromatic heterocycles. The molecule has 1 aromatic carbocycles. The minimum absolute atomic E-state index is 0.00454. The van der Waals surface area contributed by atoms with E-state index in [2.05, 4.69) is 23.5 Å². The van der Waals surface area contributed by atoms with Crippen LogP contribution in [0.3, 0.4) is 0 Å². The second-order valence-corrected chi connectivity index (χ2v) is 6.45. The standard InChI is InChI=1S/C16H17NO2/c18-12-5-4-10-11-8-9-2-1-3-13-14(9)16(10,6-7-17-11)15(12)19-13/h1-3,10-11,15,17H,4-8H2/t10-,11+,15-,16-/m0/s1. The monoisotopic (exact) mass is 255 g/mol. The first-order valence-electron chi connectivity index (χ1n) is 7.36. The maximum atomic E-state index is 12.4. The highest BCUT2D eigenvalue weighted by atomic mass is 16.5. The zero-order chi connectivity index (χ0) is 12.6. The summed E-state index contributed by atoms with van der Waals surface area (Å²) in [7, 11) is 0. The van der Waals surface area contributed by atoms with Crippen molar-refractivity contribution >= 4 is 5.78 Å². The first kappa shape index (κ1) is 10.4. The molecule has 1 spiro atoms. The van der Waals surface area contributed by atoms with Gasteiger partial charge in [-0.3, -0.25) is 4.79 Å². The number of rotatable bonds is 0. The van der Waals surface area contributed by atoms with Crippen LogP contribution in [0.1, 0.15) is 30.4 Å². The van der Waals surface area contributed by atoms with Crippen molar-refractivity contribution in [3.63, 3.8) is 0 Å². The van der Waals surface area contributed by atoms with Crippen LogP contribution in [0.5, 0.6) is 5.75 Å². The predicted octanol–water partition coefficient (Wildman–Crippen LogP) is 1.58. The molecule has 1 saturated carbocycles. The Hall–Kier alpha value is -1.35. The summed E-state index contributed by atoms with van der Waals surface area (Å²) in [4.78, 5) is 12.4. The third kappa shape index (κ3) is 1.04. The molecule has 1 aromatic rings. The molecule has 0 radical (unpaired) electrons. The molecule has 4 aliphatic rings. The van der Waals surface area contributed by atoms with Gasteiger partial charge < -0.3 is 10.1 Å². The summed E-state index contributed by atoms with van der Waals surface area (Å²) in [6.45, 7) is 1.02. The van der Waals surface area contributed by atoms with Crippen molar-refractivity contribution in [3.05, 3.63) is 29.3 Å². The number of hydrogen-bond donors (Lipinski definition) is 1. The van der Waals surface area contributed by atoms with Gasteiger partial charge in [0.1, 0.15) is 5.75 Å². The molecule has 2 aliphatic heterocycles. The summed E-state index contributed by atoms with van der Waals surface area (Å²) < 4.78 is 6.11. The average molecular weight is 255 g/mol. The minimum atomic E-state index is -0.202. The van der Waals surface area contributed by atoms with Gasteiger partial charge in [-0.15, -0.1) is 0 Å². The second-order valence-electron chi connectivity index (χ2n) is 6.45. The lowest BCUT2D eigenvalue weighted by atomic mass is 9.52. The van der Waals surface area contributed by atoms with E-state index in [1.165, 1.54) is 11.1 Å². The van der Waals surface area contributed by atoms with Gasteiger partial charge in [-0.05, 0) is 43.4 Å². The first-order valence-corrected chi connectivity index (χ1v) is 7.36. The zero-order valence-electron chi connectivity index (χ0n) is 10.8. The Morgan fingerprint density at radius 2 is 2.32 bits per heavy atom. The Labute approximate surface area is 112 Å². The SMILES string of the molecule is O=C1CC[C@H]2[C@H]3Cc4cccc5c4[C@@]2(CCN3)[C@H]1O5. The normalized spacial score (nSPS) is 41.7. The maximum absolute atomic E-state index is 12.4. The van der Waals surface area contributed by atoms with Gasteiger partial charge in [-0.25, -0.2) is 0 Å². The van der Waals surface area contributed by atoms with E-state index in [4.69, 9.17) is 4.74 Å². The lowest BCUT2D eigenvalue weighted by Crippen LogP contribution is -2.65. The number of nitrogens with one attached hydrogen (secondary N) is 1. The van der Waals surface area contributed by atoms with Crippen molar-refractivity contribution in [3.8, 4) is 5.75 Å². The Bertz CT molecular complexity index is 596. The molecule has 1 N–H and O–H groups in total. The number of benzene rings is 1. The highest BCUT2D eigenvalue weighted by molar-refractivity contribution is 5.88. The van der Waals surface area contributed by atoms with Gasteiger partial charge in [-0.2, -0.15) is 0 Å². The van der Waals surface area contributed by atoms with E-state index in [1.54, 1.807) is 0 Å². The van der Waals surface area contributed by atoms with Gasteiger partial charge in [0.2, 0.25) is 0 Å². The number of ether oxygens (including phenoxy) is 1. The summed E-state index contributed by atoms with van der Waals surface area (Å²) in [5, 5.41) is 3.68. The van der Waals surface area contributed by atoms with Gasteiger partial charge in [0.15, 0.2) is 11.9 Å².